The number of halogens is 2. The van der Waals surface area contributed by atoms with Gasteiger partial charge in [-0.25, -0.2) is 4.79 Å². The van der Waals surface area contributed by atoms with Crippen LogP contribution in [0.3, 0.4) is 0 Å². The van der Waals surface area contributed by atoms with E-state index in [1.165, 1.54) is 4.57 Å². The molecule has 2 amide bonds. The average molecular weight is 636 g/mol. The summed E-state index contributed by atoms with van der Waals surface area (Å²) < 4.78 is 9.12. The number of nitrogens with one attached hydrogen (secondary N) is 1. The number of hydrogen-bond acceptors (Lipinski definition) is 4. The number of amides is 2. The summed E-state index contributed by atoms with van der Waals surface area (Å²) in [5.41, 5.74) is 2.36. The Morgan fingerprint density at radius 2 is 1.78 bits per heavy atom. The lowest BCUT2D eigenvalue weighted by atomic mass is 10.0. The normalized spacial score (nSPS) is 16.3. The lowest BCUT2D eigenvalue weighted by Crippen LogP contribution is -2.49. The van der Waals surface area contributed by atoms with Crippen LogP contribution in [0.15, 0.2) is 82.1 Å². The van der Waals surface area contributed by atoms with Gasteiger partial charge in [-0.2, -0.15) is 0 Å². The second-order valence-electron chi connectivity index (χ2n) is 10.4. The third kappa shape index (κ3) is 5.31. The number of ether oxygens (including phenoxy) is 1. The van der Waals surface area contributed by atoms with Crippen molar-refractivity contribution in [3.63, 3.8) is 0 Å². The number of carbonyl (C=O) groups is 2. The molecule has 2 heterocycles. The van der Waals surface area contributed by atoms with Crippen molar-refractivity contribution in [3.05, 3.63) is 115 Å². The van der Waals surface area contributed by atoms with Crippen LogP contribution in [0.25, 0.3) is 5.69 Å². The van der Waals surface area contributed by atoms with Crippen LogP contribution in [0.5, 0.6) is 5.75 Å². The van der Waals surface area contributed by atoms with Crippen molar-refractivity contribution in [2.45, 2.75) is 38.5 Å². The van der Waals surface area contributed by atoms with E-state index in [4.69, 9.17) is 16.3 Å². The number of methoxy groups -OCH3 is 1. The molecule has 41 heavy (non-hydrogen) atoms. The van der Waals surface area contributed by atoms with Gasteiger partial charge in [-0.3, -0.25) is 18.7 Å². The predicted octanol–water partition coefficient (Wildman–Crippen LogP) is 5.43. The highest BCUT2D eigenvalue weighted by molar-refractivity contribution is 9.10. The van der Waals surface area contributed by atoms with E-state index in [-0.39, 0.29) is 35.8 Å². The number of hydrogen-bond donors (Lipinski definition) is 1. The maximum atomic E-state index is 14.0. The fourth-order valence-corrected chi connectivity index (χ4v) is 5.90. The number of aromatic nitrogens is 2. The third-order valence-corrected chi connectivity index (χ3v) is 9.00. The van der Waals surface area contributed by atoms with E-state index in [1.54, 1.807) is 59.0 Å². The Labute approximate surface area is 250 Å². The minimum Gasteiger partial charge on any atom is -0.497 e. The largest absolute Gasteiger partial charge is 0.497 e. The van der Waals surface area contributed by atoms with Gasteiger partial charge in [0.2, 0.25) is 0 Å². The van der Waals surface area contributed by atoms with Crippen molar-refractivity contribution in [3.8, 4) is 11.4 Å². The average Bonchev–Trinajstić information content (AvgIpc) is 3.81. The lowest BCUT2D eigenvalue weighted by molar-refractivity contribution is 0.0553. The molecule has 0 radical (unpaired) electrons. The van der Waals surface area contributed by atoms with Crippen molar-refractivity contribution in [1.29, 1.82) is 0 Å². The Bertz CT molecular complexity index is 1680. The second-order valence-corrected chi connectivity index (χ2v) is 11.6. The van der Waals surface area contributed by atoms with E-state index in [1.807, 2.05) is 30.3 Å². The molecule has 3 aromatic carbocycles. The quantitative estimate of drug-likeness (QED) is 0.294. The molecule has 1 aliphatic carbocycles. The Morgan fingerprint density at radius 3 is 2.44 bits per heavy atom. The van der Waals surface area contributed by atoms with Crippen LogP contribution in [0.4, 0.5) is 0 Å². The SMILES string of the molecule is COc1ccc(-n2c(C(=O)NCc3ccccc3)c3n(c2=O)C[C@H](C2CC2)N(C(=O)c2ccc(Br)c(Cl)c2)C3)cc1. The van der Waals surface area contributed by atoms with Crippen LogP contribution in [0, 0.1) is 5.92 Å². The highest BCUT2D eigenvalue weighted by Crippen LogP contribution is 2.40. The first-order valence-electron chi connectivity index (χ1n) is 13.4. The molecular weight excluding hydrogens is 608 g/mol. The van der Waals surface area contributed by atoms with E-state index in [2.05, 4.69) is 21.2 Å². The van der Waals surface area contributed by atoms with Gasteiger partial charge in [-0.05, 0) is 82.7 Å². The summed E-state index contributed by atoms with van der Waals surface area (Å²) in [5.74, 6) is 0.367. The van der Waals surface area contributed by atoms with Crippen LogP contribution in [0.2, 0.25) is 5.02 Å². The highest BCUT2D eigenvalue weighted by Gasteiger charge is 2.43. The second kappa shape index (κ2) is 11.2. The van der Waals surface area contributed by atoms with Gasteiger partial charge in [0, 0.05) is 23.1 Å². The molecule has 0 spiro atoms. The topological polar surface area (TPSA) is 85.6 Å². The molecule has 1 fully saturated rings. The molecule has 6 rings (SSSR count). The van der Waals surface area contributed by atoms with E-state index in [9.17, 15) is 14.4 Å². The van der Waals surface area contributed by atoms with Gasteiger partial charge in [0.05, 0.1) is 36.1 Å². The van der Waals surface area contributed by atoms with Gasteiger partial charge < -0.3 is 15.0 Å². The van der Waals surface area contributed by atoms with Gasteiger partial charge in [0.25, 0.3) is 11.8 Å². The van der Waals surface area contributed by atoms with Crippen molar-refractivity contribution in [1.82, 2.24) is 19.4 Å². The summed E-state index contributed by atoms with van der Waals surface area (Å²) in [4.78, 5) is 43.5. The summed E-state index contributed by atoms with van der Waals surface area (Å²) >= 11 is 9.72. The molecule has 0 bridgehead atoms. The molecule has 0 unspecified atom stereocenters. The van der Waals surface area contributed by atoms with Crippen molar-refractivity contribution in [2.24, 2.45) is 5.92 Å². The zero-order valence-corrected chi connectivity index (χ0v) is 24.7. The maximum absolute atomic E-state index is 14.0. The summed E-state index contributed by atoms with van der Waals surface area (Å²) in [6.45, 7) is 0.739. The summed E-state index contributed by atoms with van der Waals surface area (Å²) in [5, 5.41) is 3.43. The summed E-state index contributed by atoms with van der Waals surface area (Å²) in [7, 11) is 1.57. The smallest absolute Gasteiger partial charge is 0.333 e. The van der Waals surface area contributed by atoms with E-state index < -0.39 is 0 Å². The Morgan fingerprint density at radius 1 is 1.05 bits per heavy atom. The number of imidazole rings is 1. The first-order chi connectivity index (χ1) is 19.9. The van der Waals surface area contributed by atoms with Gasteiger partial charge in [-0.1, -0.05) is 41.9 Å². The molecular formula is C31H28BrClN4O4. The minimum atomic E-state index is -0.389. The van der Waals surface area contributed by atoms with Crippen LogP contribution in [-0.2, 0) is 19.6 Å². The molecule has 4 aromatic rings. The predicted molar refractivity (Wildman–Crippen MR) is 160 cm³/mol. The zero-order chi connectivity index (χ0) is 28.7. The van der Waals surface area contributed by atoms with E-state index in [0.29, 0.717) is 51.2 Å². The Kier molecular flexibility index (Phi) is 7.48. The van der Waals surface area contributed by atoms with Gasteiger partial charge in [0.1, 0.15) is 11.4 Å². The molecule has 1 N–H and O–H groups in total. The van der Waals surface area contributed by atoms with Crippen LogP contribution in [-0.4, -0.2) is 39.0 Å². The highest BCUT2D eigenvalue weighted by atomic mass is 79.9. The maximum Gasteiger partial charge on any atom is 0.333 e. The number of carbonyl (C=O) groups excluding carboxylic acids is 2. The molecule has 2 aliphatic rings. The Hall–Kier alpha value is -3.82. The van der Waals surface area contributed by atoms with Gasteiger partial charge in [0.15, 0.2) is 0 Å². The fourth-order valence-electron chi connectivity index (χ4n) is 5.47. The van der Waals surface area contributed by atoms with Crippen LogP contribution >= 0.6 is 27.5 Å². The van der Waals surface area contributed by atoms with Crippen LogP contribution in [0.1, 0.15) is 44.9 Å². The van der Waals surface area contributed by atoms with Crippen LogP contribution < -0.4 is 15.7 Å². The molecule has 1 atom stereocenters. The number of fused-ring (bicyclic) bond motifs is 1. The minimum absolute atomic E-state index is 0.125. The first-order valence-corrected chi connectivity index (χ1v) is 14.6. The van der Waals surface area contributed by atoms with E-state index >= 15 is 0 Å². The molecule has 0 saturated heterocycles. The number of nitrogens with zero attached hydrogens (tertiary/aromatic N) is 3. The monoisotopic (exact) mass is 634 g/mol. The van der Waals surface area contributed by atoms with Gasteiger partial charge >= 0.3 is 5.69 Å². The molecule has 210 valence electrons. The molecule has 10 heteroatoms. The first kappa shape index (κ1) is 27.4. The standard InChI is InChI=1S/C31H28BrClN4O4/c1-41-23-12-10-22(11-13-23)37-28(29(38)34-16-19-5-3-2-4-6-19)27-18-35(26(20-7-8-20)17-36(27)31(37)40)30(39)21-9-14-24(32)25(33)15-21/h2-6,9-15,20,26H,7-8,16-18H2,1H3,(H,34,38)/t26-/m1/s1. The summed E-state index contributed by atoms with van der Waals surface area (Å²) in [6, 6.07) is 21.6. The third-order valence-electron chi connectivity index (χ3n) is 7.77. The molecule has 1 aliphatic heterocycles. The summed E-state index contributed by atoms with van der Waals surface area (Å²) in [6.07, 6.45) is 1.98. The number of benzene rings is 3. The molecule has 1 saturated carbocycles. The zero-order valence-electron chi connectivity index (χ0n) is 22.3. The molecule has 8 nitrogen and oxygen atoms in total. The van der Waals surface area contributed by atoms with Crippen molar-refractivity contribution in [2.75, 3.05) is 7.11 Å². The van der Waals surface area contributed by atoms with E-state index in [0.717, 1.165) is 18.4 Å². The van der Waals surface area contributed by atoms with Crippen molar-refractivity contribution >= 4 is 39.3 Å². The number of rotatable bonds is 7. The van der Waals surface area contributed by atoms with Gasteiger partial charge in [-0.15, -0.1) is 0 Å². The molecule has 1 aromatic heterocycles. The van der Waals surface area contributed by atoms with Crippen molar-refractivity contribution < 1.29 is 14.3 Å². The fraction of sp³-hybridized carbons (Fsp3) is 0.258. The Balaban J connectivity index is 1.43. The lowest BCUT2D eigenvalue weighted by Gasteiger charge is -2.37.